The van der Waals surface area contributed by atoms with Gasteiger partial charge in [-0.05, 0) is 30.3 Å². The Morgan fingerprint density at radius 3 is 2.50 bits per heavy atom. The van der Waals surface area contributed by atoms with E-state index in [1.165, 1.54) is 30.0 Å². The van der Waals surface area contributed by atoms with Crippen LogP contribution in [0.1, 0.15) is 23.7 Å². The van der Waals surface area contributed by atoms with Gasteiger partial charge in [0.05, 0.1) is 30.4 Å². The second-order valence-corrected chi connectivity index (χ2v) is 8.54. The quantitative estimate of drug-likeness (QED) is 0.404. The van der Waals surface area contributed by atoms with Gasteiger partial charge in [0.15, 0.2) is 11.5 Å². The van der Waals surface area contributed by atoms with Crippen LogP contribution in [0.15, 0.2) is 42.5 Å². The predicted octanol–water partition coefficient (Wildman–Crippen LogP) is 0.0718. The SMILES string of the molecule is CC(=O)N1CC(NC(=O)c2ccc3c(c2)OCO3)C(=O)N(CC(=O)NC(C=O)CC(=O)O)c2ccccc21. The van der Waals surface area contributed by atoms with Gasteiger partial charge in [0.1, 0.15) is 18.9 Å². The summed E-state index contributed by atoms with van der Waals surface area (Å²) in [5.74, 6) is -2.97. The summed E-state index contributed by atoms with van der Waals surface area (Å²) in [4.78, 5) is 76.6. The Balaban J connectivity index is 1.62. The highest BCUT2D eigenvalue weighted by Gasteiger charge is 2.37. The molecule has 0 bridgehead atoms. The van der Waals surface area contributed by atoms with E-state index in [-0.39, 0.29) is 30.9 Å². The van der Waals surface area contributed by atoms with E-state index < -0.39 is 54.6 Å². The van der Waals surface area contributed by atoms with Crippen molar-refractivity contribution in [1.82, 2.24) is 10.6 Å². The van der Waals surface area contributed by atoms with Crippen LogP contribution in [-0.2, 0) is 24.0 Å². The smallest absolute Gasteiger partial charge is 0.305 e. The zero-order valence-electron chi connectivity index (χ0n) is 20.2. The van der Waals surface area contributed by atoms with Gasteiger partial charge < -0.3 is 34.9 Å². The molecule has 2 aromatic carbocycles. The van der Waals surface area contributed by atoms with E-state index in [4.69, 9.17) is 14.6 Å². The summed E-state index contributed by atoms with van der Waals surface area (Å²) < 4.78 is 10.6. The molecule has 38 heavy (non-hydrogen) atoms. The van der Waals surface area contributed by atoms with Crippen LogP contribution in [0.25, 0.3) is 0 Å². The van der Waals surface area contributed by atoms with Crippen molar-refractivity contribution in [3.63, 3.8) is 0 Å². The summed E-state index contributed by atoms with van der Waals surface area (Å²) in [5.41, 5.74) is 0.743. The van der Waals surface area contributed by atoms with Crippen LogP contribution in [0.5, 0.6) is 11.5 Å². The fourth-order valence-corrected chi connectivity index (χ4v) is 4.15. The maximum atomic E-state index is 13.7. The van der Waals surface area contributed by atoms with E-state index in [1.807, 2.05) is 0 Å². The molecule has 0 saturated heterocycles. The van der Waals surface area contributed by atoms with Gasteiger partial charge in [-0.25, -0.2) is 0 Å². The second kappa shape index (κ2) is 11.0. The van der Waals surface area contributed by atoms with Gasteiger partial charge in [0.2, 0.25) is 18.6 Å². The summed E-state index contributed by atoms with van der Waals surface area (Å²) in [6.07, 6.45) is -0.345. The first-order valence-corrected chi connectivity index (χ1v) is 11.5. The lowest BCUT2D eigenvalue weighted by Gasteiger charge is -2.25. The van der Waals surface area contributed by atoms with E-state index in [0.29, 0.717) is 17.2 Å². The van der Waals surface area contributed by atoms with E-state index in [1.54, 1.807) is 24.3 Å². The molecule has 0 radical (unpaired) electrons. The first-order chi connectivity index (χ1) is 18.2. The van der Waals surface area contributed by atoms with Gasteiger partial charge in [0.25, 0.3) is 11.8 Å². The summed E-state index contributed by atoms with van der Waals surface area (Å²) in [6.45, 7) is 0.514. The number of carboxylic acid groups (broad SMARTS) is 1. The average molecular weight is 524 g/mol. The normalized spacial score (nSPS) is 16.7. The highest BCUT2D eigenvalue weighted by atomic mass is 16.7. The molecule has 2 aliphatic heterocycles. The number of carboxylic acids is 1. The second-order valence-electron chi connectivity index (χ2n) is 8.54. The Labute approximate surface area is 216 Å². The van der Waals surface area contributed by atoms with E-state index >= 15 is 0 Å². The van der Waals surface area contributed by atoms with Crippen molar-refractivity contribution in [2.75, 3.05) is 29.7 Å². The van der Waals surface area contributed by atoms with Gasteiger partial charge >= 0.3 is 5.97 Å². The molecule has 0 aromatic heterocycles. The molecular formula is C25H24N4O9. The third kappa shape index (κ3) is 5.56. The molecule has 2 heterocycles. The van der Waals surface area contributed by atoms with Crippen molar-refractivity contribution in [1.29, 1.82) is 0 Å². The minimum absolute atomic E-state index is 0.0157. The van der Waals surface area contributed by atoms with Crippen LogP contribution < -0.4 is 29.9 Å². The van der Waals surface area contributed by atoms with E-state index in [9.17, 15) is 28.8 Å². The standard InChI is InChI=1S/C25H24N4O9/c1-14(31)28-10-17(27-24(35)15-6-7-20-21(8-15)38-13-37-20)25(36)29(19-5-3-2-4-18(19)28)11-22(32)26-16(12-30)9-23(33)34/h2-8,12,16-17H,9-11,13H2,1H3,(H,26,32)(H,27,35)(H,33,34). The van der Waals surface area contributed by atoms with Gasteiger partial charge in [-0.2, -0.15) is 0 Å². The molecule has 0 saturated carbocycles. The lowest BCUT2D eigenvalue weighted by Crippen LogP contribution is -2.54. The highest BCUT2D eigenvalue weighted by molar-refractivity contribution is 6.10. The Bertz CT molecular complexity index is 1310. The van der Waals surface area contributed by atoms with Crippen molar-refractivity contribution >= 4 is 47.3 Å². The fraction of sp³-hybridized carbons (Fsp3) is 0.280. The van der Waals surface area contributed by atoms with E-state index in [2.05, 4.69) is 10.6 Å². The van der Waals surface area contributed by atoms with Crippen molar-refractivity contribution in [2.45, 2.75) is 25.4 Å². The number of hydrogen-bond acceptors (Lipinski definition) is 8. The van der Waals surface area contributed by atoms with Gasteiger partial charge in [-0.15, -0.1) is 0 Å². The number of aliphatic carboxylic acids is 1. The minimum Gasteiger partial charge on any atom is -0.481 e. The molecule has 0 fully saturated rings. The summed E-state index contributed by atoms with van der Waals surface area (Å²) in [7, 11) is 0. The summed E-state index contributed by atoms with van der Waals surface area (Å²) in [6, 6.07) is 8.35. The maximum Gasteiger partial charge on any atom is 0.305 e. The summed E-state index contributed by atoms with van der Waals surface area (Å²) >= 11 is 0. The number of benzene rings is 2. The number of fused-ring (bicyclic) bond motifs is 2. The first-order valence-electron chi connectivity index (χ1n) is 11.5. The third-order valence-corrected chi connectivity index (χ3v) is 5.92. The Hall–Kier alpha value is -4.94. The van der Waals surface area contributed by atoms with Crippen LogP contribution in [0.2, 0.25) is 0 Å². The average Bonchev–Trinajstić information content (AvgIpc) is 3.32. The number of para-hydroxylation sites is 2. The molecule has 0 spiro atoms. The molecule has 2 aromatic rings. The number of nitrogens with one attached hydrogen (secondary N) is 2. The minimum atomic E-state index is -1.30. The largest absolute Gasteiger partial charge is 0.481 e. The van der Waals surface area contributed by atoms with Gasteiger partial charge in [-0.1, -0.05) is 12.1 Å². The number of anilines is 2. The number of amides is 4. The Morgan fingerprint density at radius 2 is 1.82 bits per heavy atom. The molecule has 0 aliphatic carbocycles. The van der Waals surface area contributed by atoms with Crippen LogP contribution in [-0.4, -0.2) is 73.0 Å². The predicted molar refractivity (Wildman–Crippen MR) is 131 cm³/mol. The van der Waals surface area contributed by atoms with Crippen molar-refractivity contribution in [3.8, 4) is 11.5 Å². The first kappa shape index (κ1) is 26.1. The molecule has 2 unspecified atom stereocenters. The number of carbonyl (C=O) groups excluding carboxylic acids is 5. The van der Waals surface area contributed by atoms with Crippen molar-refractivity contribution in [3.05, 3.63) is 48.0 Å². The molecular weight excluding hydrogens is 500 g/mol. The molecule has 13 nitrogen and oxygen atoms in total. The maximum absolute atomic E-state index is 13.7. The highest BCUT2D eigenvalue weighted by Crippen LogP contribution is 2.34. The molecule has 2 atom stereocenters. The molecule has 4 amide bonds. The zero-order valence-corrected chi connectivity index (χ0v) is 20.2. The van der Waals surface area contributed by atoms with Crippen molar-refractivity contribution < 1.29 is 43.3 Å². The lowest BCUT2D eigenvalue weighted by molar-refractivity contribution is -0.139. The monoisotopic (exact) mass is 524 g/mol. The van der Waals surface area contributed by atoms with E-state index in [0.717, 1.165) is 4.90 Å². The van der Waals surface area contributed by atoms with Crippen LogP contribution in [0.4, 0.5) is 11.4 Å². The Morgan fingerprint density at radius 1 is 1.11 bits per heavy atom. The van der Waals surface area contributed by atoms with Gasteiger partial charge in [-0.3, -0.25) is 28.9 Å². The molecule has 2 aliphatic rings. The lowest BCUT2D eigenvalue weighted by atomic mass is 10.1. The van der Waals surface area contributed by atoms with Crippen molar-refractivity contribution in [2.24, 2.45) is 0 Å². The number of carbonyl (C=O) groups is 6. The number of rotatable bonds is 8. The fourth-order valence-electron chi connectivity index (χ4n) is 4.15. The molecule has 4 rings (SSSR count). The summed E-state index contributed by atoms with van der Waals surface area (Å²) in [5, 5.41) is 13.8. The van der Waals surface area contributed by atoms with Crippen LogP contribution in [0, 0.1) is 0 Å². The third-order valence-electron chi connectivity index (χ3n) is 5.92. The number of nitrogens with zero attached hydrogens (tertiary/aromatic N) is 2. The molecule has 13 heteroatoms. The topological polar surface area (TPSA) is 172 Å². The van der Waals surface area contributed by atoms with Crippen LogP contribution in [0.3, 0.4) is 0 Å². The molecule has 198 valence electrons. The number of ether oxygens (including phenoxy) is 2. The number of hydrogen-bond donors (Lipinski definition) is 3. The zero-order chi connectivity index (χ0) is 27.4. The molecule has 3 N–H and O–H groups in total. The Kier molecular flexibility index (Phi) is 7.55. The van der Waals surface area contributed by atoms with Gasteiger partial charge in [0, 0.05) is 12.5 Å². The number of aldehydes is 1. The van der Waals surface area contributed by atoms with Crippen LogP contribution >= 0.6 is 0 Å².